The number of benzene rings is 1. The summed E-state index contributed by atoms with van der Waals surface area (Å²) in [6, 6.07) is 4.34. The van der Waals surface area contributed by atoms with Gasteiger partial charge in [-0.25, -0.2) is 8.78 Å². The fraction of sp³-hybridized carbons (Fsp3) is 0.455. The minimum atomic E-state index is -0.770. The summed E-state index contributed by atoms with van der Waals surface area (Å²) in [6.07, 6.45) is 1.07. The molecule has 15 heavy (non-hydrogen) atoms. The predicted molar refractivity (Wildman–Crippen MR) is 58.8 cm³/mol. The van der Waals surface area contributed by atoms with Crippen LogP contribution in [-0.2, 0) is 0 Å². The van der Waals surface area contributed by atoms with Crippen LogP contribution in [0.1, 0.15) is 24.3 Å². The summed E-state index contributed by atoms with van der Waals surface area (Å²) >= 11 is 1.64. The van der Waals surface area contributed by atoms with E-state index in [1.54, 1.807) is 23.9 Å². The second-order valence-corrected chi connectivity index (χ2v) is 5.26. The number of rotatable bonds is 1. The number of halogens is 2. The summed E-state index contributed by atoms with van der Waals surface area (Å²) in [6.45, 7) is 2.96. The van der Waals surface area contributed by atoms with E-state index in [1.807, 2.05) is 0 Å². The molecule has 1 N–H and O–H groups in total. The molecule has 1 fully saturated rings. The van der Waals surface area contributed by atoms with Crippen molar-refractivity contribution in [3.05, 3.63) is 35.4 Å². The molecule has 4 heteroatoms. The molecule has 1 aromatic carbocycles. The van der Waals surface area contributed by atoms with Crippen LogP contribution in [0.25, 0.3) is 0 Å². The minimum absolute atomic E-state index is 0.121. The Labute approximate surface area is 92.3 Å². The number of thioether (sulfide) groups is 1. The van der Waals surface area contributed by atoms with Gasteiger partial charge in [-0.2, -0.15) is 0 Å². The van der Waals surface area contributed by atoms with Gasteiger partial charge in [0.1, 0.15) is 0 Å². The minimum Gasteiger partial charge on any atom is -0.301 e. The van der Waals surface area contributed by atoms with E-state index in [-0.39, 0.29) is 5.37 Å². The number of nitrogens with one attached hydrogen (secondary N) is 1. The molecule has 1 nitrogen and oxygen atoms in total. The van der Waals surface area contributed by atoms with Crippen LogP contribution in [-0.4, -0.2) is 11.8 Å². The van der Waals surface area contributed by atoms with Crippen LogP contribution in [0, 0.1) is 11.6 Å². The summed E-state index contributed by atoms with van der Waals surface area (Å²) in [5.41, 5.74) is 0.423. The summed E-state index contributed by atoms with van der Waals surface area (Å²) < 4.78 is 26.5. The molecule has 0 radical (unpaired) electrons. The third-order valence-corrected chi connectivity index (χ3v) is 3.91. The second-order valence-electron chi connectivity index (χ2n) is 3.71. The third-order valence-electron chi connectivity index (χ3n) is 2.51. The molecule has 1 saturated heterocycles. The summed E-state index contributed by atoms with van der Waals surface area (Å²) in [7, 11) is 0. The first-order valence-corrected chi connectivity index (χ1v) is 5.95. The van der Waals surface area contributed by atoms with Gasteiger partial charge < -0.3 is 5.32 Å². The van der Waals surface area contributed by atoms with E-state index in [0.717, 1.165) is 19.0 Å². The Morgan fingerprint density at radius 2 is 2.20 bits per heavy atom. The zero-order valence-corrected chi connectivity index (χ0v) is 9.28. The maximum Gasteiger partial charge on any atom is 0.164 e. The largest absolute Gasteiger partial charge is 0.301 e. The van der Waals surface area contributed by atoms with Crippen molar-refractivity contribution < 1.29 is 8.78 Å². The zero-order chi connectivity index (χ0) is 10.8. The van der Waals surface area contributed by atoms with Crippen LogP contribution < -0.4 is 5.32 Å². The normalized spacial score (nSPS) is 26.6. The van der Waals surface area contributed by atoms with E-state index in [1.165, 1.54) is 0 Å². The average molecular weight is 229 g/mol. The van der Waals surface area contributed by atoms with Crippen LogP contribution >= 0.6 is 11.8 Å². The van der Waals surface area contributed by atoms with Gasteiger partial charge in [-0.05, 0) is 19.0 Å². The molecule has 0 bridgehead atoms. The van der Waals surface area contributed by atoms with Gasteiger partial charge in [0.15, 0.2) is 11.6 Å². The lowest BCUT2D eigenvalue weighted by molar-refractivity contribution is 0.487. The van der Waals surface area contributed by atoms with Crippen LogP contribution in [0.3, 0.4) is 0 Å². The highest BCUT2D eigenvalue weighted by Gasteiger charge is 2.23. The molecule has 2 rings (SSSR count). The van der Waals surface area contributed by atoms with Crippen molar-refractivity contribution in [2.45, 2.75) is 24.0 Å². The quantitative estimate of drug-likeness (QED) is 0.794. The smallest absolute Gasteiger partial charge is 0.164 e. The first kappa shape index (κ1) is 10.9. The van der Waals surface area contributed by atoms with Gasteiger partial charge in [-0.15, -0.1) is 11.8 Å². The Hall–Kier alpha value is -0.610. The molecular weight excluding hydrogens is 216 g/mol. The van der Waals surface area contributed by atoms with Gasteiger partial charge in [0.05, 0.1) is 5.37 Å². The zero-order valence-electron chi connectivity index (χ0n) is 8.47. The molecule has 1 aliphatic heterocycles. The number of hydrogen-bond acceptors (Lipinski definition) is 2. The Balaban J connectivity index is 2.24. The standard InChI is InChI=1S/C11H13F2NS/c1-7-5-6-14-11(15-7)8-3-2-4-9(12)10(8)13/h2-4,7,11,14H,5-6H2,1H3. The first-order chi connectivity index (χ1) is 7.18. The molecule has 2 atom stereocenters. The average Bonchev–Trinajstić information content (AvgIpc) is 2.22. The maximum atomic E-state index is 13.5. The van der Waals surface area contributed by atoms with Gasteiger partial charge in [-0.1, -0.05) is 19.1 Å². The van der Waals surface area contributed by atoms with Crippen molar-refractivity contribution in [3.63, 3.8) is 0 Å². The molecule has 2 unspecified atom stereocenters. The molecule has 0 aliphatic carbocycles. The van der Waals surface area contributed by atoms with Gasteiger partial charge in [-0.3, -0.25) is 0 Å². The highest BCUT2D eigenvalue weighted by atomic mass is 32.2. The van der Waals surface area contributed by atoms with Crippen molar-refractivity contribution in [1.29, 1.82) is 0 Å². The Bertz CT molecular complexity index is 356. The van der Waals surface area contributed by atoms with E-state index in [4.69, 9.17) is 0 Å². The van der Waals surface area contributed by atoms with Crippen LogP contribution in [0.15, 0.2) is 18.2 Å². The Kier molecular flexibility index (Phi) is 3.26. The second kappa shape index (κ2) is 4.49. The van der Waals surface area contributed by atoms with E-state index >= 15 is 0 Å². The highest BCUT2D eigenvalue weighted by molar-refractivity contribution is 8.00. The molecule has 0 saturated carbocycles. The number of hydrogen-bond donors (Lipinski definition) is 1. The van der Waals surface area contributed by atoms with Crippen molar-refractivity contribution >= 4 is 11.8 Å². The Morgan fingerprint density at radius 1 is 1.40 bits per heavy atom. The van der Waals surface area contributed by atoms with Crippen molar-refractivity contribution in [1.82, 2.24) is 5.32 Å². The molecular formula is C11H13F2NS. The van der Waals surface area contributed by atoms with Crippen LogP contribution in [0.4, 0.5) is 8.78 Å². The molecule has 0 amide bonds. The van der Waals surface area contributed by atoms with E-state index in [0.29, 0.717) is 10.8 Å². The van der Waals surface area contributed by atoms with Gasteiger partial charge >= 0.3 is 0 Å². The maximum absolute atomic E-state index is 13.5. The highest BCUT2D eigenvalue weighted by Crippen LogP contribution is 2.35. The predicted octanol–water partition coefficient (Wildman–Crippen LogP) is 3.08. The lowest BCUT2D eigenvalue weighted by Gasteiger charge is -2.28. The van der Waals surface area contributed by atoms with E-state index < -0.39 is 11.6 Å². The Morgan fingerprint density at radius 3 is 2.93 bits per heavy atom. The lowest BCUT2D eigenvalue weighted by Crippen LogP contribution is -2.29. The van der Waals surface area contributed by atoms with Crippen molar-refractivity contribution in [2.24, 2.45) is 0 Å². The molecule has 82 valence electrons. The molecule has 0 aromatic heterocycles. The molecule has 1 heterocycles. The van der Waals surface area contributed by atoms with Gasteiger partial charge in [0.25, 0.3) is 0 Å². The lowest BCUT2D eigenvalue weighted by atomic mass is 10.2. The van der Waals surface area contributed by atoms with Crippen LogP contribution in [0.2, 0.25) is 0 Å². The van der Waals surface area contributed by atoms with Crippen LogP contribution in [0.5, 0.6) is 0 Å². The van der Waals surface area contributed by atoms with Gasteiger partial charge in [0, 0.05) is 10.8 Å². The summed E-state index contributed by atoms with van der Waals surface area (Å²) in [5, 5.41) is 3.55. The topological polar surface area (TPSA) is 12.0 Å². The summed E-state index contributed by atoms with van der Waals surface area (Å²) in [4.78, 5) is 0. The fourth-order valence-corrected chi connectivity index (χ4v) is 2.93. The SMILES string of the molecule is CC1CCNC(c2cccc(F)c2F)S1. The molecule has 1 aliphatic rings. The third kappa shape index (κ3) is 2.32. The fourth-order valence-electron chi connectivity index (χ4n) is 1.67. The monoisotopic (exact) mass is 229 g/mol. The van der Waals surface area contributed by atoms with Gasteiger partial charge in [0.2, 0.25) is 0 Å². The van der Waals surface area contributed by atoms with Crippen molar-refractivity contribution in [2.75, 3.05) is 6.54 Å². The van der Waals surface area contributed by atoms with Crippen molar-refractivity contribution in [3.8, 4) is 0 Å². The molecule has 0 spiro atoms. The van der Waals surface area contributed by atoms with E-state index in [9.17, 15) is 8.78 Å². The first-order valence-electron chi connectivity index (χ1n) is 5.01. The van der Waals surface area contributed by atoms with E-state index in [2.05, 4.69) is 12.2 Å². The summed E-state index contributed by atoms with van der Waals surface area (Å²) in [5.74, 6) is -1.50. The molecule has 1 aromatic rings.